The van der Waals surface area contributed by atoms with Gasteiger partial charge < -0.3 is 5.32 Å². The number of rotatable bonds is 3. The minimum Gasteiger partial charge on any atom is -0.319 e. The molecule has 2 aliphatic rings. The smallest absolute Gasteiger partial charge is 0.0354 e. The maximum absolute atomic E-state index is 3.69. The highest BCUT2D eigenvalue weighted by Crippen LogP contribution is 2.40. The van der Waals surface area contributed by atoms with Crippen LogP contribution in [0.15, 0.2) is 22.7 Å². The van der Waals surface area contributed by atoms with Gasteiger partial charge in [0.2, 0.25) is 0 Å². The van der Waals surface area contributed by atoms with E-state index in [0.29, 0.717) is 6.04 Å². The Morgan fingerprint density at radius 1 is 1.39 bits per heavy atom. The fraction of sp³-hybridized carbons (Fsp3) is 0.600. The van der Waals surface area contributed by atoms with Crippen molar-refractivity contribution < 1.29 is 0 Å². The van der Waals surface area contributed by atoms with E-state index in [0.717, 1.165) is 12.5 Å². The molecule has 2 unspecified atom stereocenters. The Hall–Kier alpha value is -0.380. The molecule has 1 N–H and O–H groups in total. The lowest BCUT2D eigenvalue weighted by atomic mass is 10.1. The second kappa shape index (κ2) is 5.32. The van der Waals surface area contributed by atoms with Crippen molar-refractivity contribution in [3.63, 3.8) is 0 Å². The van der Waals surface area contributed by atoms with Gasteiger partial charge in [-0.25, -0.2) is 0 Å². The third-order valence-corrected chi connectivity index (χ3v) is 5.18. The molecule has 98 valence electrons. The summed E-state index contributed by atoms with van der Waals surface area (Å²) >= 11 is 3.69. The minimum absolute atomic E-state index is 0.666. The molecule has 3 rings (SSSR count). The third-order valence-electron chi connectivity index (χ3n) is 4.43. The second-order valence-corrected chi connectivity index (χ2v) is 6.42. The minimum atomic E-state index is 0.666. The molecule has 1 aromatic carbocycles. The Kier molecular flexibility index (Phi) is 3.73. The molecule has 1 fully saturated rings. The van der Waals surface area contributed by atoms with Crippen LogP contribution < -0.4 is 5.32 Å². The van der Waals surface area contributed by atoms with Crippen molar-refractivity contribution in [2.24, 2.45) is 5.92 Å². The van der Waals surface area contributed by atoms with Crippen LogP contribution in [-0.4, -0.2) is 31.6 Å². The molecule has 18 heavy (non-hydrogen) atoms. The number of halogens is 1. The van der Waals surface area contributed by atoms with E-state index in [9.17, 15) is 0 Å². The molecular formula is C15H21BrN2. The standard InChI is InChI=1S/C15H21BrN2/c1-17-9-11-7-8-18(10-11)15-6-5-12-13(15)3-2-4-14(12)16/h2-4,11,15,17H,5-10H2,1H3. The molecule has 0 amide bonds. The Bertz CT molecular complexity index is 433. The molecule has 0 bridgehead atoms. The molecule has 1 aliphatic carbocycles. The molecule has 2 nitrogen and oxygen atoms in total. The van der Waals surface area contributed by atoms with Crippen LogP contribution in [0.2, 0.25) is 0 Å². The quantitative estimate of drug-likeness (QED) is 0.923. The van der Waals surface area contributed by atoms with Crippen LogP contribution in [0.5, 0.6) is 0 Å². The largest absolute Gasteiger partial charge is 0.319 e. The first-order valence-electron chi connectivity index (χ1n) is 6.95. The van der Waals surface area contributed by atoms with E-state index in [4.69, 9.17) is 0 Å². The Labute approximate surface area is 118 Å². The van der Waals surface area contributed by atoms with Crippen molar-refractivity contribution in [2.45, 2.75) is 25.3 Å². The van der Waals surface area contributed by atoms with Gasteiger partial charge in [0.15, 0.2) is 0 Å². The van der Waals surface area contributed by atoms with Crippen molar-refractivity contribution in [2.75, 3.05) is 26.7 Å². The van der Waals surface area contributed by atoms with Crippen LogP contribution in [0, 0.1) is 5.92 Å². The fourth-order valence-electron chi connectivity index (χ4n) is 3.57. The maximum Gasteiger partial charge on any atom is 0.0354 e. The molecule has 1 saturated heterocycles. The monoisotopic (exact) mass is 308 g/mol. The third kappa shape index (κ3) is 2.24. The van der Waals surface area contributed by atoms with E-state index >= 15 is 0 Å². The molecule has 0 saturated carbocycles. The van der Waals surface area contributed by atoms with Gasteiger partial charge in [-0.1, -0.05) is 28.1 Å². The molecule has 1 heterocycles. The molecule has 1 aromatic rings. The van der Waals surface area contributed by atoms with Gasteiger partial charge in [0.25, 0.3) is 0 Å². The zero-order chi connectivity index (χ0) is 12.5. The van der Waals surface area contributed by atoms with E-state index in [1.165, 1.54) is 36.8 Å². The summed E-state index contributed by atoms with van der Waals surface area (Å²) in [7, 11) is 2.06. The number of benzene rings is 1. The van der Waals surface area contributed by atoms with E-state index in [-0.39, 0.29) is 0 Å². The number of fused-ring (bicyclic) bond motifs is 1. The SMILES string of the molecule is CNCC1CCN(C2CCc3c(Br)cccc32)C1. The Morgan fingerprint density at radius 3 is 3.11 bits per heavy atom. The molecule has 3 heteroatoms. The summed E-state index contributed by atoms with van der Waals surface area (Å²) in [6.45, 7) is 3.69. The lowest BCUT2D eigenvalue weighted by Gasteiger charge is -2.25. The molecule has 0 aromatic heterocycles. The van der Waals surface area contributed by atoms with Crippen molar-refractivity contribution in [3.8, 4) is 0 Å². The van der Waals surface area contributed by atoms with E-state index in [1.807, 2.05) is 0 Å². The van der Waals surface area contributed by atoms with Crippen molar-refractivity contribution in [1.29, 1.82) is 0 Å². The zero-order valence-corrected chi connectivity index (χ0v) is 12.5. The highest BCUT2D eigenvalue weighted by Gasteiger charge is 2.33. The van der Waals surface area contributed by atoms with Gasteiger partial charge in [0, 0.05) is 17.1 Å². The van der Waals surface area contributed by atoms with Crippen LogP contribution in [0.25, 0.3) is 0 Å². The molecule has 0 spiro atoms. The summed E-state index contributed by atoms with van der Waals surface area (Å²) < 4.78 is 1.30. The van der Waals surface area contributed by atoms with Crippen LogP contribution in [0.3, 0.4) is 0 Å². The number of nitrogens with one attached hydrogen (secondary N) is 1. The highest BCUT2D eigenvalue weighted by molar-refractivity contribution is 9.10. The summed E-state index contributed by atoms with van der Waals surface area (Å²) in [4.78, 5) is 2.69. The second-order valence-electron chi connectivity index (χ2n) is 5.57. The highest BCUT2D eigenvalue weighted by atomic mass is 79.9. The predicted octanol–water partition coefficient (Wildman–Crippen LogP) is 2.98. The van der Waals surface area contributed by atoms with Gasteiger partial charge in [-0.2, -0.15) is 0 Å². The average Bonchev–Trinajstić information content (AvgIpc) is 2.96. The number of nitrogens with zero attached hydrogens (tertiary/aromatic N) is 1. The summed E-state index contributed by atoms with van der Waals surface area (Å²) in [5.41, 5.74) is 3.11. The number of likely N-dealkylation sites (tertiary alicyclic amines) is 1. The van der Waals surface area contributed by atoms with Gasteiger partial charge in [-0.3, -0.25) is 4.90 Å². The van der Waals surface area contributed by atoms with Crippen LogP contribution in [-0.2, 0) is 6.42 Å². The lowest BCUT2D eigenvalue weighted by Crippen LogP contribution is -2.27. The zero-order valence-electron chi connectivity index (χ0n) is 11.0. The Morgan fingerprint density at radius 2 is 2.28 bits per heavy atom. The first-order chi connectivity index (χ1) is 8.79. The lowest BCUT2D eigenvalue weighted by molar-refractivity contribution is 0.235. The van der Waals surface area contributed by atoms with Crippen molar-refractivity contribution in [3.05, 3.63) is 33.8 Å². The van der Waals surface area contributed by atoms with Crippen LogP contribution in [0.1, 0.15) is 30.0 Å². The number of hydrogen-bond donors (Lipinski definition) is 1. The normalized spacial score (nSPS) is 27.7. The van der Waals surface area contributed by atoms with Crippen LogP contribution >= 0.6 is 15.9 Å². The van der Waals surface area contributed by atoms with Gasteiger partial charge >= 0.3 is 0 Å². The maximum atomic E-state index is 3.69. The summed E-state index contributed by atoms with van der Waals surface area (Å²) in [5, 5.41) is 3.31. The van der Waals surface area contributed by atoms with E-state index < -0.39 is 0 Å². The van der Waals surface area contributed by atoms with E-state index in [1.54, 1.807) is 11.1 Å². The van der Waals surface area contributed by atoms with Crippen LogP contribution in [0.4, 0.5) is 0 Å². The Balaban J connectivity index is 1.75. The summed E-state index contributed by atoms with van der Waals surface area (Å²) in [6, 6.07) is 7.35. The molecular weight excluding hydrogens is 288 g/mol. The molecule has 1 aliphatic heterocycles. The van der Waals surface area contributed by atoms with E-state index in [2.05, 4.69) is 51.4 Å². The van der Waals surface area contributed by atoms with Crippen molar-refractivity contribution in [1.82, 2.24) is 10.2 Å². The predicted molar refractivity (Wildman–Crippen MR) is 78.8 cm³/mol. The first kappa shape index (κ1) is 12.6. The van der Waals surface area contributed by atoms with Gasteiger partial charge in [0.1, 0.15) is 0 Å². The van der Waals surface area contributed by atoms with Gasteiger partial charge in [0.05, 0.1) is 0 Å². The van der Waals surface area contributed by atoms with Gasteiger partial charge in [-0.15, -0.1) is 0 Å². The number of hydrogen-bond acceptors (Lipinski definition) is 2. The fourth-order valence-corrected chi connectivity index (χ4v) is 4.15. The van der Waals surface area contributed by atoms with Crippen molar-refractivity contribution >= 4 is 15.9 Å². The molecule has 2 atom stereocenters. The summed E-state index contributed by atoms with van der Waals surface area (Å²) in [5.74, 6) is 0.839. The van der Waals surface area contributed by atoms with Gasteiger partial charge in [-0.05, 0) is 62.5 Å². The topological polar surface area (TPSA) is 15.3 Å². The molecule has 0 radical (unpaired) electrons. The average molecular weight is 309 g/mol. The summed E-state index contributed by atoms with van der Waals surface area (Å²) in [6.07, 6.45) is 3.87. The first-order valence-corrected chi connectivity index (χ1v) is 7.75.